The summed E-state index contributed by atoms with van der Waals surface area (Å²) in [5, 5.41) is 6.01. The number of amides is 3. The molecule has 0 bridgehead atoms. The van der Waals surface area contributed by atoms with Crippen LogP contribution >= 0.6 is 11.8 Å². The molecule has 178 valence electrons. The summed E-state index contributed by atoms with van der Waals surface area (Å²) in [6, 6.07) is 14.0. The highest BCUT2D eigenvalue weighted by atomic mass is 32.2. The van der Waals surface area contributed by atoms with Gasteiger partial charge in [-0.05, 0) is 50.1 Å². The van der Waals surface area contributed by atoms with Gasteiger partial charge in [-0.3, -0.25) is 14.4 Å². The Morgan fingerprint density at radius 3 is 2.56 bits per heavy atom. The molecule has 2 aromatic carbocycles. The molecule has 2 atom stereocenters. The lowest BCUT2D eigenvalue weighted by Gasteiger charge is -2.17. The Morgan fingerprint density at radius 2 is 1.85 bits per heavy atom. The van der Waals surface area contributed by atoms with Crippen LogP contribution in [0.5, 0.6) is 5.75 Å². The maximum Gasteiger partial charge on any atom is 0.262 e. The Kier molecular flexibility index (Phi) is 7.52. The summed E-state index contributed by atoms with van der Waals surface area (Å²) in [5.74, 6) is -0.0231. The lowest BCUT2D eigenvalue weighted by molar-refractivity contribution is -0.121. The Bertz CT molecular complexity index is 1100. The number of nitrogens with one attached hydrogen (secondary N) is 2. The van der Waals surface area contributed by atoms with Crippen LogP contribution < -0.4 is 15.4 Å². The van der Waals surface area contributed by atoms with Crippen molar-refractivity contribution in [1.29, 1.82) is 0 Å². The second kappa shape index (κ2) is 10.7. The number of para-hydroxylation sites is 1. The van der Waals surface area contributed by atoms with Crippen molar-refractivity contribution in [1.82, 2.24) is 10.2 Å². The smallest absolute Gasteiger partial charge is 0.262 e. The van der Waals surface area contributed by atoms with Crippen LogP contribution in [-0.4, -0.2) is 53.2 Å². The van der Waals surface area contributed by atoms with Crippen LogP contribution in [0.2, 0.25) is 0 Å². The minimum absolute atomic E-state index is 0.0585. The number of aliphatic imine (C=N–C) groups is 1. The number of likely N-dealkylation sites (tertiary alicyclic amines) is 1. The summed E-state index contributed by atoms with van der Waals surface area (Å²) < 4.78 is 5.37. The first-order valence-electron chi connectivity index (χ1n) is 11.3. The van der Waals surface area contributed by atoms with Gasteiger partial charge in [0.05, 0.1) is 13.2 Å². The molecule has 2 aromatic rings. The van der Waals surface area contributed by atoms with E-state index in [1.54, 1.807) is 31.4 Å². The molecule has 4 rings (SSSR count). The van der Waals surface area contributed by atoms with Crippen molar-refractivity contribution < 1.29 is 19.1 Å². The molecule has 0 aliphatic carbocycles. The highest BCUT2D eigenvalue weighted by Crippen LogP contribution is 2.29. The van der Waals surface area contributed by atoms with E-state index in [-0.39, 0.29) is 30.2 Å². The van der Waals surface area contributed by atoms with Gasteiger partial charge in [-0.2, -0.15) is 4.99 Å². The van der Waals surface area contributed by atoms with Crippen molar-refractivity contribution in [2.75, 3.05) is 25.5 Å². The number of hydrogen-bond acceptors (Lipinski definition) is 6. The van der Waals surface area contributed by atoms with E-state index >= 15 is 0 Å². The number of nitrogens with zero attached hydrogens (tertiary/aromatic N) is 2. The monoisotopic (exact) mass is 480 g/mol. The molecule has 2 aliphatic heterocycles. The normalized spacial score (nSPS) is 18.4. The van der Waals surface area contributed by atoms with Crippen molar-refractivity contribution >= 4 is 40.3 Å². The van der Waals surface area contributed by atoms with Crippen LogP contribution in [0.4, 0.5) is 5.69 Å². The van der Waals surface area contributed by atoms with E-state index in [2.05, 4.69) is 20.5 Å². The number of thioether (sulfide) groups is 1. The van der Waals surface area contributed by atoms with Gasteiger partial charge in [-0.1, -0.05) is 30.0 Å². The standard InChI is InChI=1S/C25H28N4O4S/c1-16(19-7-3-4-8-20(19)33-2)26-23(31)17-9-11-18(12-10-17)27-22(30)15-21-24(32)28-25(34-21)29-13-5-6-14-29/h3-4,7-12,16,21H,5-6,13-15H2,1-2H3,(H,26,31)(H,27,30)/t16-,21-/m1/s1. The second-order valence-corrected chi connectivity index (χ2v) is 9.47. The molecule has 2 N–H and O–H groups in total. The average Bonchev–Trinajstić information content (AvgIpc) is 3.49. The van der Waals surface area contributed by atoms with Crippen LogP contribution in [0.3, 0.4) is 0 Å². The highest BCUT2D eigenvalue weighted by molar-refractivity contribution is 8.15. The number of carbonyl (C=O) groups excluding carboxylic acids is 3. The number of hydrogen-bond donors (Lipinski definition) is 2. The molecule has 2 heterocycles. The highest BCUT2D eigenvalue weighted by Gasteiger charge is 2.33. The molecule has 2 aliphatic rings. The summed E-state index contributed by atoms with van der Waals surface area (Å²) in [4.78, 5) is 43.6. The number of methoxy groups -OCH3 is 1. The Balaban J connectivity index is 1.29. The third-order valence-electron chi connectivity index (χ3n) is 5.86. The number of anilines is 1. The molecule has 1 saturated heterocycles. The van der Waals surface area contributed by atoms with E-state index < -0.39 is 5.25 Å². The zero-order valence-corrected chi connectivity index (χ0v) is 20.1. The van der Waals surface area contributed by atoms with Crippen molar-refractivity contribution in [3.05, 3.63) is 59.7 Å². The van der Waals surface area contributed by atoms with E-state index in [9.17, 15) is 14.4 Å². The number of amidine groups is 1. The van der Waals surface area contributed by atoms with Gasteiger partial charge in [0.15, 0.2) is 5.17 Å². The lowest BCUT2D eigenvalue weighted by Crippen LogP contribution is -2.27. The predicted octanol–water partition coefficient (Wildman–Crippen LogP) is 3.61. The summed E-state index contributed by atoms with van der Waals surface area (Å²) in [6.07, 6.45) is 2.27. The van der Waals surface area contributed by atoms with E-state index in [1.807, 2.05) is 31.2 Å². The fourth-order valence-electron chi connectivity index (χ4n) is 4.02. The van der Waals surface area contributed by atoms with Gasteiger partial charge < -0.3 is 20.3 Å². The molecule has 0 radical (unpaired) electrons. The third kappa shape index (κ3) is 5.59. The van der Waals surface area contributed by atoms with Gasteiger partial charge in [0.2, 0.25) is 5.91 Å². The number of rotatable bonds is 7. The van der Waals surface area contributed by atoms with Crippen LogP contribution in [0.25, 0.3) is 0 Å². The quantitative estimate of drug-likeness (QED) is 0.628. The van der Waals surface area contributed by atoms with Gasteiger partial charge in [-0.25, -0.2) is 0 Å². The Labute approximate surface area is 203 Å². The summed E-state index contributed by atoms with van der Waals surface area (Å²) >= 11 is 1.37. The van der Waals surface area contributed by atoms with E-state index in [0.29, 0.717) is 17.0 Å². The van der Waals surface area contributed by atoms with Gasteiger partial charge in [0.1, 0.15) is 11.0 Å². The van der Waals surface area contributed by atoms with Gasteiger partial charge in [0, 0.05) is 36.3 Å². The van der Waals surface area contributed by atoms with Crippen LogP contribution in [-0.2, 0) is 9.59 Å². The van der Waals surface area contributed by atoms with Crippen molar-refractivity contribution in [2.24, 2.45) is 4.99 Å². The maximum absolute atomic E-state index is 12.7. The molecule has 34 heavy (non-hydrogen) atoms. The fourth-order valence-corrected chi connectivity index (χ4v) is 5.14. The third-order valence-corrected chi connectivity index (χ3v) is 7.07. The first-order valence-corrected chi connectivity index (χ1v) is 12.2. The molecule has 0 unspecified atom stereocenters. The average molecular weight is 481 g/mol. The SMILES string of the molecule is COc1ccccc1[C@@H](C)NC(=O)c1ccc(NC(=O)C[C@H]2SC(N3CCCC3)=NC2=O)cc1. The summed E-state index contributed by atoms with van der Waals surface area (Å²) in [5.41, 5.74) is 1.93. The number of ether oxygens (including phenoxy) is 1. The van der Waals surface area contributed by atoms with Gasteiger partial charge >= 0.3 is 0 Å². The molecular formula is C25H28N4O4S. The fraction of sp³-hybridized carbons (Fsp3) is 0.360. The molecular weight excluding hydrogens is 452 g/mol. The van der Waals surface area contributed by atoms with E-state index in [0.717, 1.165) is 36.7 Å². The summed E-state index contributed by atoms with van der Waals surface area (Å²) in [7, 11) is 1.60. The molecule has 3 amide bonds. The first-order chi connectivity index (χ1) is 16.4. The second-order valence-electron chi connectivity index (χ2n) is 8.30. The van der Waals surface area contributed by atoms with Gasteiger partial charge in [-0.15, -0.1) is 0 Å². The first kappa shape index (κ1) is 23.8. The predicted molar refractivity (Wildman–Crippen MR) is 133 cm³/mol. The van der Waals surface area contributed by atoms with Crippen LogP contribution in [0.15, 0.2) is 53.5 Å². The zero-order valence-electron chi connectivity index (χ0n) is 19.2. The number of benzene rings is 2. The largest absolute Gasteiger partial charge is 0.496 e. The molecule has 0 spiro atoms. The number of carbonyl (C=O) groups is 3. The van der Waals surface area contributed by atoms with Crippen molar-refractivity contribution in [3.8, 4) is 5.75 Å². The van der Waals surface area contributed by atoms with E-state index in [1.165, 1.54) is 11.8 Å². The molecule has 0 saturated carbocycles. The lowest BCUT2D eigenvalue weighted by atomic mass is 10.1. The van der Waals surface area contributed by atoms with Crippen LogP contribution in [0.1, 0.15) is 48.1 Å². The van der Waals surface area contributed by atoms with Gasteiger partial charge in [0.25, 0.3) is 11.8 Å². The minimum Gasteiger partial charge on any atom is -0.496 e. The molecule has 0 aromatic heterocycles. The van der Waals surface area contributed by atoms with Crippen LogP contribution in [0, 0.1) is 0 Å². The molecule has 8 nitrogen and oxygen atoms in total. The summed E-state index contributed by atoms with van der Waals surface area (Å²) in [6.45, 7) is 3.72. The Morgan fingerprint density at radius 1 is 1.15 bits per heavy atom. The van der Waals surface area contributed by atoms with E-state index in [4.69, 9.17) is 4.74 Å². The van der Waals surface area contributed by atoms with Crippen molar-refractivity contribution in [3.63, 3.8) is 0 Å². The minimum atomic E-state index is -0.489. The topological polar surface area (TPSA) is 100 Å². The molecule has 9 heteroatoms. The zero-order chi connectivity index (χ0) is 24.1. The maximum atomic E-state index is 12.7. The Hall–Kier alpha value is -3.33. The molecule has 1 fully saturated rings. The van der Waals surface area contributed by atoms with Crippen molar-refractivity contribution in [2.45, 2.75) is 37.5 Å².